The van der Waals surface area contributed by atoms with E-state index in [4.69, 9.17) is 5.73 Å². The average Bonchev–Trinajstić information content (AvgIpc) is 3.15. The summed E-state index contributed by atoms with van der Waals surface area (Å²) in [7, 11) is 0. The molecule has 8 heteroatoms. The topological polar surface area (TPSA) is 66.6 Å². The number of benzene rings is 1. The number of alkyl halides is 3. The Morgan fingerprint density at radius 3 is 2.30 bits per heavy atom. The van der Waals surface area contributed by atoms with Crippen molar-refractivity contribution in [1.29, 1.82) is 0 Å². The molecule has 0 unspecified atom stereocenters. The van der Waals surface area contributed by atoms with E-state index >= 15 is 0 Å². The highest BCUT2D eigenvalue weighted by atomic mass is 19.4. The molecule has 1 saturated carbocycles. The first-order valence-corrected chi connectivity index (χ1v) is 7.03. The number of hydrogen-bond acceptors (Lipinski definition) is 2. The minimum atomic E-state index is -4.84. The summed E-state index contributed by atoms with van der Waals surface area (Å²) in [5.74, 6) is -1.38. The lowest BCUT2D eigenvalue weighted by Gasteiger charge is -2.35. The van der Waals surface area contributed by atoms with Crippen LogP contribution in [0, 0.1) is 5.82 Å². The van der Waals surface area contributed by atoms with Crippen molar-refractivity contribution < 1.29 is 27.5 Å². The molecule has 23 heavy (non-hydrogen) atoms. The quantitative estimate of drug-likeness (QED) is 0.828. The predicted octanol–water partition coefficient (Wildman–Crippen LogP) is 3.55. The van der Waals surface area contributed by atoms with Crippen molar-refractivity contribution in [3.05, 3.63) is 35.1 Å². The summed E-state index contributed by atoms with van der Waals surface area (Å²) in [4.78, 5) is 12.6. The Labute approximate surface area is 130 Å². The Morgan fingerprint density at radius 2 is 1.91 bits per heavy atom. The second kappa shape index (κ2) is 5.36. The molecular formula is C15H18F4N2O2. The van der Waals surface area contributed by atoms with Gasteiger partial charge in [0.2, 0.25) is 0 Å². The maximum atomic E-state index is 13.4. The molecule has 1 aliphatic carbocycles. The Hall–Kier alpha value is -1.83. The van der Waals surface area contributed by atoms with Crippen molar-refractivity contribution in [1.82, 2.24) is 4.90 Å². The van der Waals surface area contributed by atoms with Crippen molar-refractivity contribution in [2.24, 2.45) is 5.73 Å². The van der Waals surface area contributed by atoms with E-state index in [9.17, 15) is 27.5 Å². The molecular weight excluding hydrogens is 316 g/mol. The lowest BCUT2D eigenvalue weighted by Crippen LogP contribution is -2.51. The van der Waals surface area contributed by atoms with Gasteiger partial charge in [-0.15, -0.1) is 0 Å². The first kappa shape index (κ1) is 17.5. The third-order valence-electron chi connectivity index (χ3n) is 3.85. The van der Waals surface area contributed by atoms with Crippen LogP contribution in [0.3, 0.4) is 0 Å². The highest BCUT2D eigenvalue weighted by Gasteiger charge is 2.53. The van der Waals surface area contributed by atoms with E-state index in [0.29, 0.717) is 18.9 Å². The fraction of sp³-hybridized carbons (Fsp3) is 0.533. The number of halogens is 4. The smallest absolute Gasteiger partial charge is 0.419 e. The fourth-order valence-corrected chi connectivity index (χ4v) is 2.67. The molecule has 1 fully saturated rings. The minimum absolute atomic E-state index is 0.0406. The summed E-state index contributed by atoms with van der Waals surface area (Å²) in [6.07, 6.45) is -5.35. The van der Waals surface area contributed by atoms with Gasteiger partial charge >= 0.3 is 12.3 Å². The van der Waals surface area contributed by atoms with Crippen molar-refractivity contribution in [3.8, 4) is 0 Å². The number of rotatable bonds is 4. The summed E-state index contributed by atoms with van der Waals surface area (Å²) in [5.41, 5.74) is 2.68. The van der Waals surface area contributed by atoms with E-state index in [0.717, 1.165) is 11.0 Å². The highest BCUT2D eigenvalue weighted by Crippen LogP contribution is 2.52. The van der Waals surface area contributed by atoms with Gasteiger partial charge in [0.1, 0.15) is 5.82 Å². The fourth-order valence-electron chi connectivity index (χ4n) is 2.67. The molecule has 0 atom stereocenters. The van der Waals surface area contributed by atoms with Crippen LogP contribution in [0.4, 0.5) is 22.4 Å². The van der Waals surface area contributed by atoms with Crippen LogP contribution in [0.5, 0.6) is 0 Å². The van der Waals surface area contributed by atoms with Gasteiger partial charge < -0.3 is 10.8 Å². The van der Waals surface area contributed by atoms with Gasteiger partial charge in [0, 0.05) is 12.1 Å². The monoisotopic (exact) mass is 334 g/mol. The molecule has 0 saturated heterocycles. The van der Waals surface area contributed by atoms with Gasteiger partial charge in [-0.05, 0) is 44.4 Å². The largest absolute Gasteiger partial charge is 0.465 e. The summed E-state index contributed by atoms with van der Waals surface area (Å²) < 4.78 is 52.1. The van der Waals surface area contributed by atoms with Crippen LogP contribution < -0.4 is 5.73 Å². The van der Waals surface area contributed by atoms with Crippen molar-refractivity contribution in [2.45, 2.75) is 43.9 Å². The van der Waals surface area contributed by atoms with E-state index in [1.165, 1.54) is 6.07 Å². The molecule has 0 heterocycles. The molecule has 3 N–H and O–H groups in total. The van der Waals surface area contributed by atoms with Gasteiger partial charge in [-0.2, -0.15) is 13.2 Å². The second-order valence-electron chi connectivity index (χ2n) is 6.58. The summed E-state index contributed by atoms with van der Waals surface area (Å²) in [5, 5.41) is 9.43. The van der Waals surface area contributed by atoms with Gasteiger partial charge in [0.05, 0.1) is 11.1 Å². The molecule has 1 aromatic carbocycles. The minimum Gasteiger partial charge on any atom is -0.465 e. The Morgan fingerprint density at radius 1 is 1.35 bits per heavy atom. The van der Waals surface area contributed by atoms with Crippen LogP contribution in [0.2, 0.25) is 0 Å². The van der Waals surface area contributed by atoms with Gasteiger partial charge in [0.15, 0.2) is 0 Å². The zero-order chi connectivity index (χ0) is 17.6. The maximum Gasteiger partial charge on any atom is 0.419 e. The molecule has 2 rings (SSSR count). The van der Waals surface area contributed by atoms with E-state index in [1.807, 2.05) is 0 Å². The number of nitrogens with zero attached hydrogens (tertiary/aromatic N) is 1. The average molecular weight is 334 g/mol. The zero-order valence-electron chi connectivity index (χ0n) is 12.7. The molecule has 0 spiro atoms. The lowest BCUT2D eigenvalue weighted by molar-refractivity contribution is -0.140. The Balaban J connectivity index is 2.45. The van der Waals surface area contributed by atoms with Crippen LogP contribution in [-0.4, -0.2) is 28.2 Å². The third kappa shape index (κ3) is 3.57. The van der Waals surface area contributed by atoms with E-state index < -0.39 is 34.7 Å². The second-order valence-corrected chi connectivity index (χ2v) is 6.58. The zero-order valence-corrected chi connectivity index (χ0v) is 12.7. The first-order chi connectivity index (χ1) is 10.4. The molecule has 0 bridgehead atoms. The standard InChI is InChI=1S/C15H18F4N2O2/c1-13(2,20)8-21(12(22)23)14(5-6-14)9-3-4-11(16)10(7-9)15(17,18)19/h3-4,7H,5-6,8,20H2,1-2H3,(H,22,23). The predicted molar refractivity (Wildman–Crippen MR) is 75.3 cm³/mol. The summed E-state index contributed by atoms with van der Waals surface area (Å²) in [6.45, 7) is 3.22. The number of carbonyl (C=O) groups is 1. The van der Waals surface area contributed by atoms with Gasteiger partial charge in [0.25, 0.3) is 0 Å². The molecule has 0 aromatic heterocycles. The van der Waals surface area contributed by atoms with Crippen LogP contribution in [0.1, 0.15) is 37.8 Å². The molecule has 1 aliphatic rings. The molecule has 4 nitrogen and oxygen atoms in total. The van der Waals surface area contributed by atoms with Crippen molar-refractivity contribution >= 4 is 6.09 Å². The highest BCUT2D eigenvalue weighted by molar-refractivity contribution is 5.68. The maximum absolute atomic E-state index is 13.4. The van der Waals surface area contributed by atoms with E-state index in [2.05, 4.69) is 0 Å². The van der Waals surface area contributed by atoms with Crippen molar-refractivity contribution in [2.75, 3.05) is 6.54 Å². The summed E-state index contributed by atoms with van der Waals surface area (Å²) in [6, 6.07) is 2.63. The first-order valence-electron chi connectivity index (χ1n) is 7.03. The normalized spacial score (nSPS) is 17.0. The number of carboxylic acid groups (broad SMARTS) is 1. The van der Waals surface area contributed by atoms with Crippen molar-refractivity contribution in [3.63, 3.8) is 0 Å². The molecule has 128 valence electrons. The molecule has 0 aliphatic heterocycles. The molecule has 1 aromatic rings. The number of nitrogens with two attached hydrogens (primary N) is 1. The molecule has 0 radical (unpaired) electrons. The van der Waals surface area contributed by atoms with Gasteiger partial charge in [-0.25, -0.2) is 9.18 Å². The van der Waals surface area contributed by atoms with E-state index in [-0.39, 0.29) is 12.1 Å². The van der Waals surface area contributed by atoms with Crippen LogP contribution in [0.25, 0.3) is 0 Å². The van der Waals surface area contributed by atoms with E-state index in [1.54, 1.807) is 13.8 Å². The Bertz CT molecular complexity index is 619. The van der Waals surface area contributed by atoms with Gasteiger partial charge in [-0.1, -0.05) is 6.07 Å². The van der Waals surface area contributed by atoms with Crippen LogP contribution >= 0.6 is 0 Å². The van der Waals surface area contributed by atoms with Crippen LogP contribution in [0.15, 0.2) is 18.2 Å². The van der Waals surface area contributed by atoms with Crippen LogP contribution in [-0.2, 0) is 11.7 Å². The number of hydrogen-bond donors (Lipinski definition) is 2. The lowest BCUT2D eigenvalue weighted by atomic mass is 9.97. The number of amides is 1. The van der Waals surface area contributed by atoms with Gasteiger partial charge in [-0.3, -0.25) is 4.90 Å². The SMILES string of the molecule is CC(C)(N)CN(C(=O)O)C1(c2ccc(F)c(C(F)(F)F)c2)CC1. The third-order valence-corrected chi connectivity index (χ3v) is 3.85. The molecule has 1 amide bonds. The Kier molecular flexibility index (Phi) is 4.09. The summed E-state index contributed by atoms with van der Waals surface area (Å²) >= 11 is 0.